The number of ether oxygens (including phenoxy) is 3. The molecule has 26 heavy (non-hydrogen) atoms. The highest BCUT2D eigenvalue weighted by atomic mass is 35.5. The van der Waals surface area contributed by atoms with Crippen LogP contribution in [0.15, 0.2) is 42.0 Å². The molecule has 0 spiro atoms. The molecule has 0 aliphatic heterocycles. The van der Waals surface area contributed by atoms with E-state index < -0.39 is 5.91 Å². The highest BCUT2D eigenvalue weighted by Gasteiger charge is 2.14. The van der Waals surface area contributed by atoms with Crippen molar-refractivity contribution in [2.24, 2.45) is 0 Å². The Kier molecular flexibility index (Phi) is 6.48. The van der Waals surface area contributed by atoms with Crippen molar-refractivity contribution in [3.63, 3.8) is 0 Å². The van der Waals surface area contributed by atoms with Gasteiger partial charge in [-0.1, -0.05) is 11.6 Å². The highest BCUT2D eigenvalue weighted by Crippen LogP contribution is 2.29. The van der Waals surface area contributed by atoms with Gasteiger partial charge in [0.15, 0.2) is 0 Å². The van der Waals surface area contributed by atoms with Gasteiger partial charge in [0.05, 0.1) is 27.0 Å². The van der Waals surface area contributed by atoms with Gasteiger partial charge in [0.1, 0.15) is 28.9 Å². The number of carbonyl (C=O) groups is 1. The lowest BCUT2D eigenvalue weighted by Gasteiger charge is -2.11. The van der Waals surface area contributed by atoms with Gasteiger partial charge in [0.2, 0.25) is 0 Å². The average Bonchev–Trinajstić information content (AvgIpc) is 2.66. The number of nitrogens with zero attached hydrogens (tertiary/aromatic N) is 1. The van der Waals surface area contributed by atoms with Crippen molar-refractivity contribution in [1.29, 1.82) is 5.26 Å². The lowest BCUT2D eigenvalue weighted by atomic mass is 10.1. The van der Waals surface area contributed by atoms with E-state index in [2.05, 4.69) is 5.32 Å². The molecule has 0 radical (unpaired) electrons. The first-order valence-electron chi connectivity index (χ1n) is 7.51. The van der Waals surface area contributed by atoms with Crippen LogP contribution in [0, 0.1) is 11.3 Å². The van der Waals surface area contributed by atoms with E-state index in [1.807, 2.05) is 6.07 Å². The largest absolute Gasteiger partial charge is 0.497 e. The summed E-state index contributed by atoms with van der Waals surface area (Å²) >= 11 is 5.95. The molecule has 2 aromatic rings. The zero-order chi connectivity index (χ0) is 19.1. The van der Waals surface area contributed by atoms with Crippen LogP contribution in [0.2, 0.25) is 5.02 Å². The first-order valence-corrected chi connectivity index (χ1v) is 7.89. The van der Waals surface area contributed by atoms with E-state index in [4.69, 9.17) is 25.8 Å². The summed E-state index contributed by atoms with van der Waals surface area (Å²) in [5, 5.41) is 12.4. The lowest BCUT2D eigenvalue weighted by molar-refractivity contribution is -0.112. The van der Waals surface area contributed by atoms with Crippen LogP contribution in [0.25, 0.3) is 6.08 Å². The maximum atomic E-state index is 12.5. The summed E-state index contributed by atoms with van der Waals surface area (Å²) in [6.07, 6.45) is 1.44. The van der Waals surface area contributed by atoms with E-state index in [0.717, 1.165) is 0 Å². The van der Waals surface area contributed by atoms with Gasteiger partial charge < -0.3 is 19.5 Å². The Morgan fingerprint density at radius 1 is 1.08 bits per heavy atom. The van der Waals surface area contributed by atoms with Crippen molar-refractivity contribution >= 4 is 29.3 Å². The summed E-state index contributed by atoms with van der Waals surface area (Å²) in [6.45, 7) is 0. The summed E-state index contributed by atoms with van der Waals surface area (Å²) in [6, 6.07) is 11.8. The fourth-order valence-corrected chi connectivity index (χ4v) is 2.38. The first kappa shape index (κ1) is 19.2. The van der Waals surface area contributed by atoms with Crippen LogP contribution in [0.4, 0.5) is 5.69 Å². The van der Waals surface area contributed by atoms with Crippen molar-refractivity contribution in [3.8, 4) is 23.3 Å². The zero-order valence-electron chi connectivity index (χ0n) is 14.5. The van der Waals surface area contributed by atoms with Gasteiger partial charge in [-0.15, -0.1) is 0 Å². The van der Waals surface area contributed by atoms with Crippen LogP contribution in [-0.4, -0.2) is 27.2 Å². The molecular weight excluding hydrogens is 356 g/mol. The lowest BCUT2D eigenvalue weighted by Crippen LogP contribution is -2.14. The molecule has 2 aromatic carbocycles. The molecular formula is C19H17ClN2O4. The molecule has 0 saturated carbocycles. The number of hydrogen-bond acceptors (Lipinski definition) is 5. The molecule has 0 aromatic heterocycles. The van der Waals surface area contributed by atoms with Crippen molar-refractivity contribution in [2.45, 2.75) is 0 Å². The average molecular weight is 373 g/mol. The minimum absolute atomic E-state index is 0.101. The Balaban J connectivity index is 2.34. The summed E-state index contributed by atoms with van der Waals surface area (Å²) < 4.78 is 15.6. The van der Waals surface area contributed by atoms with Crippen LogP contribution in [0.3, 0.4) is 0 Å². The van der Waals surface area contributed by atoms with Crippen molar-refractivity contribution in [1.82, 2.24) is 0 Å². The quantitative estimate of drug-likeness (QED) is 0.614. The number of halogens is 1. The molecule has 7 heteroatoms. The summed E-state index contributed by atoms with van der Waals surface area (Å²) in [5.41, 5.74) is 0.835. The van der Waals surface area contributed by atoms with Crippen LogP contribution in [0.1, 0.15) is 5.56 Å². The fraction of sp³-hybridized carbons (Fsp3) is 0.158. The number of rotatable bonds is 6. The predicted octanol–water partition coefficient (Wildman–Crippen LogP) is 3.91. The molecule has 0 bridgehead atoms. The number of hydrogen-bond donors (Lipinski definition) is 1. The van der Waals surface area contributed by atoms with Crippen LogP contribution >= 0.6 is 11.6 Å². The van der Waals surface area contributed by atoms with E-state index >= 15 is 0 Å². The minimum Gasteiger partial charge on any atom is -0.497 e. The standard InChI is InChI=1S/C19H17ClN2O4/c1-24-15-6-4-12(18(10-15)26-3)8-13(11-21)19(23)22-16-9-14(20)5-7-17(16)25-2/h4-10H,1-3H3,(H,22,23)/b13-8+. The first-order chi connectivity index (χ1) is 12.5. The van der Waals surface area contributed by atoms with Gasteiger partial charge in [-0.2, -0.15) is 5.26 Å². The van der Waals surface area contributed by atoms with Gasteiger partial charge >= 0.3 is 0 Å². The number of nitriles is 1. The Bertz CT molecular complexity index is 888. The van der Waals surface area contributed by atoms with E-state index in [1.54, 1.807) is 36.4 Å². The number of benzene rings is 2. The highest BCUT2D eigenvalue weighted by molar-refractivity contribution is 6.31. The second-order valence-electron chi connectivity index (χ2n) is 5.08. The monoisotopic (exact) mass is 372 g/mol. The molecule has 134 valence electrons. The van der Waals surface area contributed by atoms with E-state index in [0.29, 0.717) is 33.5 Å². The maximum absolute atomic E-state index is 12.5. The van der Waals surface area contributed by atoms with E-state index in [9.17, 15) is 10.1 Å². The summed E-state index contributed by atoms with van der Waals surface area (Å²) in [5.74, 6) is 0.920. The molecule has 1 amide bonds. The van der Waals surface area contributed by atoms with Crippen molar-refractivity contribution < 1.29 is 19.0 Å². The fourth-order valence-electron chi connectivity index (χ4n) is 2.21. The normalized spacial score (nSPS) is 10.7. The molecule has 2 rings (SSSR count). The van der Waals surface area contributed by atoms with Gasteiger partial charge in [-0.05, 0) is 36.4 Å². The van der Waals surface area contributed by atoms with Gasteiger partial charge in [0, 0.05) is 16.7 Å². The van der Waals surface area contributed by atoms with Crippen LogP contribution in [-0.2, 0) is 4.79 Å². The predicted molar refractivity (Wildman–Crippen MR) is 99.8 cm³/mol. The second-order valence-corrected chi connectivity index (χ2v) is 5.51. The molecule has 6 nitrogen and oxygen atoms in total. The molecule has 0 aliphatic rings. The topological polar surface area (TPSA) is 80.6 Å². The number of anilines is 1. The molecule has 0 saturated heterocycles. The molecule has 0 atom stereocenters. The third-order valence-corrected chi connectivity index (χ3v) is 3.75. The number of amides is 1. The van der Waals surface area contributed by atoms with E-state index in [1.165, 1.54) is 27.4 Å². The van der Waals surface area contributed by atoms with Crippen molar-refractivity contribution in [3.05, 3.63) is 52.6 Å². The number of nitrogens with one attached hydrogen (secondary N) is 1. The third kappa shape index (κ3) is 4.47. The summed E-state index contributed by atoms with van der Waals surface area (Å²) in [4.78, 5) is 12.5. The van der Waals surface area contributed by atoms with Gasteiger partial charge in [0.25, 0.3) is 5.91 Å². The minimum atomic E-state index is -0.592. The van der Waals surface area contributed by atoms with Crippen LogP contribution in [0.5, 0.6) is 17.2 Å². The third-order valence-electron chi connectivity index (χ3n) is 3.52. The molecule has 0 fully saturated rings. The number of methoxy groups -OCH3 is 3. The Hall–Kier alpha value is -3.17. The Morgan fingerprint density at radius 2 is 1.81 bits per heavy atom. The Morgan fingerprint density at radius 3 is 2.42 bits per heavy atom. The van der Waals surface area contributed by atoms with E-state index in [-0.39, 0.29) is 5.57 Å². The molecule has 1 N–H and O–H groups in total. The van der Waals surface area contributed by atoms with Crippen LogP contribution < -0.4 is 19.5 Å². The number of carbonyl (C=O) groups excluding carboxylic acids is 1. The van der Waals surface area contributed by atoms with Gasteiger partial charge in [-0.3, -0.25) is 4.79 Å². The molecule has 0 aliphatic carbocycles. The maximum Gasteiger partial charge on any atom is 0.266 e. The zero-order valence-corrected chi connectivity index (χ0v) is 15.3. The Labute approximate surface area is 156 Å². The molecule has 0 unspecified atom stereocenters. The molecule has 0 heterocycles. The SMILES string of the molecule is COc1ccc(/C=C(\C#N)C(=O)Nc2cc(Cl)ccc2OC)c(OC)c1. The van der Waals surface area contributed by atoms with Gasteiger partial charge in [-0.25, -0.2) is 0 Å². The second kappa shape index (κ2) is 8.79. The van der Waals surface area contributed by atoms with Crippen molar-refractivity contribution in [2.75, 3.05) is 26.6 Å². The smallest absolute Gasteiger partial charge is 0.266 e. The summed E-state index contributed by atoms with van der Waals surface area (Å²) in [7, 11) is 4.51.